The summed E-state index contributed by atoms with van der Waals surface area (Å²) in [5, 5.41) is 6.89. The van der Waals surface area contributed by atoms with Crippen LogP contribution in [0.15, 0.2) is 12.1 Å². The molecule has 1 unspecified atom stereocenters. The highest BCUT2D eigenvalue weighted by Crippen LogP contribution is 2.24. The Morgan fingerprint density at radius 2 is 2.29 bits per heavy atom. The Hall–Kier alpha value is -1.15. The van der Waals surface area contributed by atoms with Gasteiger partial charge < -0.3 is 19.6 Å². The number of ether oxygens (including phenoxy) is 1. The van der Waals surface area contributed by atoms with Crippen LogP contribution < -0.4 is 0 Å². The number of nitrogens with zero attached hydrogens (tertiary/aromatic N) is 2. The van der Waals surface area contributed by atoms with Crippen molar-refractivity contribution in [3.05, 3.63) is 21.3 Å². The molecule has 1 amide bonds. The van der Waals surface area contributed by atoms with E-state index < -0.39 is 0 Å². The van der Waals surface area contributed by atoms with Gasteiger partial charge in [-0.2, -0.15) is 0 Å². The number of carboxylic acid groups (broad SMARTS) is 1. The largest absolute Gasteiger partial charge is 0.483 e. The van der Waals surface area contributed by atoms with Crippen molar-refractivity contribution in [2.24, 2.45) is 0 Å². The minimum Gasteiger partial charge on any atom is -0.483 e. The van der Waals surface area contributed by atoms with E-state index >= 15 is 0 Å². The molecule has 2 heterocycles. The van der Waals surface area contributed by atoms with Gasteiger partial charge in [-0.05, 0) is 26.2 Å². The van der Waals surface area contributed by atoms with Crippen LogP contribution in [0.5, 0.6) is 0 Å². The van der Waals surface area contributed by atoms with Crippen molar-refractivity contribution >= 4 is 35.3 Å². The Balaban J connectivity index is 0.000000677. The van der Waals surface area contributed by atoms with Gasteiger partial charge in [-0.1, -0.05) is 11.6 Å². The van der Waals surface area contributed by atoms with Gasteiger partial charge >= 0.3 is 0 Å². The van der Waals surface area contributed by atoms with E-state index in [1.165, 1.54) is 11.3 Å². The Bertz CT molecular complexity index is 467. The van der Waals surface area contributed by atoms with E-state index in [1.54, 1.807) is 12.1 Å². The molecule has 0 saturated carbocycles. The summed E-state index contributed by atoms with van der Waals surface area (Å²) in [5.41, 5.74) is 0. The molecule has 0 radical (unpaired) electrons. The summed E-state index contributed by atoms with van der Waals surface area (Å²) in [6.45, 7) is 2.41. The molecule has 1 aromatic rings. The maximum Gasteiger partial charge on any atom is 0.290 e. The second-order valence-corrected chi connectivity index (χ2v) is 6.41. The monoisotopic (exact) mass is 334 g/mol. The fraction of sp³-hybridized carbons (Fsp3) is 0.538. The quantitative estimate of drug-likeness (QED) is 0.848. The number of thiophene rings is 1. The minimum absolute atomic E-state index is 0.0575. The molecule has 1 aliphatic rings. The fourth-order valence-corrected chi connectivity index (χ4v) is 3.06. The lowest BCUT2D eigenvalue weighted by Gasteiger charge is -2.36. The van der Waals surface area contributed by atoms with Crippen LogP contribution in [0.1, 0.15) is 9.67 Å². The molecule has 1 aromatic heterocycles. The number of halogens is 1. The minimum atomic E-state index is -0.250. The zero-order valence-electron chi connectivity index (χ0n) is 12.0. The van der Waals surface area contributed by atoms with Crippen molar-refractivity contribution in [3.63, 3.8) is 0 Å². The van der Waals surface area contributed by atoms with Gasteiger partial charge in [0, 0.05) is 13.1 Å². The number of rotatable bonds is 3. The van der Waals surface area contributed by atoms with E-state index in [9.17, 15) is 4.79 Å². The number of hydrogen-bond donors (Lipinski definition) is 1. The number of morpholine rings is 1. The standard InChI is InChI=1S/C12H17ClN2O2S.CH2O2/c1-14(2)7-9-8-17-6-5-15(9)12(16)10-3-4-11(13)18-10;2-1-3/h3-4,9H,5-8H2,1-2H3;1H,(H,2,3). The molecule has 1 aliphatic heterocycles. The molecule has 6 nitrogen and oxygen atoms in total. The lowest BCUT2D eigenvalue weighted by Crippen LogP contribution is -2.52. The van der Waals surface area contributed by atoms with Gasteiger partial charge in [0.1, 0.15) is 0 Å². The molecule has 1 N–H and O–H groups in total. The summed E-state index contributed by atoms with van der Waals surface area (Å²) in [7, 11) is 4.00. The van der Waals surface area contributed by atoms with Crippen molar-refractivity contribution in [1.29, 1.82) is 0 Å². The first-order valence-electron chi connectivity index (χ1n) is 6.36. The maximum atomic E-state index is 12.4. The Morgan fingerprint density at radius 3 is 2.81 bits per heavy atom. The zero-order chi connectivity index (χ0) is 15.8. The Morgan fingerprint density at radius 1 is 1.62 bits per heavy atom. The van der Waals surface area contributed by atoms with Gasteiger partial charge in [0.2, 0.25) is 0 Å². The molecule has 8 heteroatoms. The number of likely N-dealkylation sites (N-methyl/N-ethyl adjacent to an activating group) is 1. The van der Waals surface area contributed by atoms with Crippen LogP contribution in [0.25, 0.3) is 0 Å². The van der Waals surface area contributed by atoms with Crippen molar-refractivity contribution < 1.29 is 19.4 Å². The van der Waals surface area contributed by atoms with E-state index in [1.807, 2.05) is 19.0 Å². The van der Waals surface area contributed by atoms with Crippen LogP contribution in [-0.2, 0) is 9.53 Å². The average molecular weight is 335 g/mol. The van der Waals surface area contributed by atoms with E-state index in [2.05, 4.69) is 4.90 Å². The predicted molar refractivity (Wildman–Crippen MR) is 82.2 cm³/mol. The Kier molecular flexibility index (Phi) is 7.66. The SMILES string of the molecule is CN(C)CC1COCCN1C(=O)c1ccc(Cl)s1.O=CO. The normalized spacial score (nSPS) is 18.1. The third-order valence-electron chi connectivity index (χ3n) is 2.85. The molecule has 1 atom stereocenters. The first kappa shape index (κ1) is 17.9. The molecular weight excluding hydrogens is 316 g/mol. The van der Waals surface area contributed by atoms with Crippen LogP contribution in [0.4, 0.5) is 0 Å². The van der Waals surface area contributed by atoms with E-state index in [4.69, 9.17) is 26.2 Å². The van der Waals surface area contributed by atoms with E-state index in [-0.39, 0.29) is 18.4 Å². The summed E-state index contributed by atoms with van der Waals surface area (Å²) in [6.07, 6.45) is 0. The highest BCUT2D eigenvalue weighted by molar-refractivity contribution is 7.17. The van der Waals surface area contributed by atoms with Crippen LogP contribution in [0.2, 0.25) is 4.34 Å². The molecule has 0 aliphatic carbocycles. The summed E-state index contributed by atoms with van der Waals surface area (Å²) < 4.78 is 6.11. The third-order valence-corrected chi connectivity index (χ3v) is 4.07. The number of hydrogen-bond acceptors (Lipinski definition) is 5. The summed E-state index contributed by atoms with van der Waals surface area (Å²) in [6, 6.07) is 3.67. The molecule has 1 saturated heterocycles. The predicted octanol–water partition coefficient (Wildman–Crippen LogP) is 1.50. The van der Waals surface area contributed by atoms with Crippen molar-refractivity contribution in [3.8, 4) is 0 Å². The topological polar surface area (TPSA) is 70.1 Å². The molecule has 0 spiro atoms. The lowest BCUT2D eigenvalue weighted by molar-refractivity contribution is -0.122. The van der Waals surface area contributed by atoms with Gasteiger partial charge in [0.15, 0.2) is 0 Å². The van der Waals surface area contributed by atoms with Gasteiger partial charge in [0.25, 0.3) is 12.4 Å². The van der Waals surface area contributed by atoms with Crippen LogP contribution in [0, 0.1) is 0 Å². The van der Waals surface area contributed by atoms with Crippen LogP contribution >= 0.6 is 22.9 Å². The smallest absolute Gasteiger partial charge is 0.290 e. The van der Waals surface area contributed by atoms with Crippen molar-refractivity contribution in [2.45, 2.75) is 6.04 Å². The molecule has 0 bridgehead atoms. The second kappa shape index (κ2) is 8.99. The van der Waals surface area contributed by atoms with Crippen LogP contribution in [0.3, 0.4) is 0 Å². The Labute approximate surface area is 132 Å². The first-order valence-corrected chi connectivity index (χ1v) is 7.55. The zero-order valence-corrected chi connectivity index (χ0v) is 13.6. The first-order chi connectivity index (χ1) is 9.99. The average Bonchev–Trinajstić information content (AvgIpc) is 2.85. The van der Waals surface area contributed by atoms with Gasteiger partial charge in [-0.25, -0.2) is 0 Å². The van der Waals surface area contributed by atoms with Crippen LogP contribution in [-0.4, -0.2) is 73.7 Å². The summed E-state index contributed by atoms with van der Waals surface area (Å²) in [5.74, 6) is 0.0575. The van der Waals surface area contributed by atoms with Crippen molar-refractivity contribution in [2.75, 3.05) is 40.4 Å². The van der Waals surface area contributed by atoms with E-state index in [0.717, 1.165) is 6.54 Å². The van der Waals surface area contributed by atoms with E-state index in [0.29, 0.717) is 29.0 Å². The number of carbonyl (C=O) groups is 2. The molecule has 0 aromatic carbocycles. The molecule has 118 valence electrons. The molecule has 2 rings (SSSR count). The van der Waals surface area contributed by atoms with Gasteiger partial charge in [-0.15, -0.1) is 11.3 Å². The number of carbonyl (C=O) groups excluding carboxylic acids is 1. The molecule has 21 heavy (non-hydrogen) atoms. The van der Waals surface area contributed by atoms with Crippen molar-refractivity contribution in [1.82, 2.24) is 9.80 Å². The summed E-state index contributed by atoms with van der Waals surface area (Å²) in [4.78, 5) is 25.4. The maximum absolute atomic E-state index is 12.4. The van der Waals surface area contributed by atoms with Gasteiger partial charge in [-0.3, -0.25) is 9.59 Å². The lowest BCUT2D eigenvalue weighted by atomic mass is 10.2. The summed E-state index contributed by atoms with van der Waals surface area (Å²) >= 11 is 7.21. The fourth-order valence-electron chi connectivity index (χ4n) is 2.07. The second-order valence-electron chi connectivity index (χ2n) is 4.70. The van der Waals surface area contributed by atoms with Gasteiger partial charge in [0.05, 0.1) is 28.5 Å². The highest BCUT2D eigenvalue weighted by Gasteiger charge is 2.29. The highest BCUT2D eigenvalue weighted by atomic mass is 35.5. The molecule has 1 fully saturated rings. The third kappa shape index (κ3) is 5.62. The number of amides is 1. The molecular formula is C13H19ClN2O4S.